The number of nitrogens with zero attached hydrogens (tertiary/aromatic N) is 2. The maximum Gasteiger partial charge on any atom is 0.213 e. The predicted octanol–water partition coefficient (Wildman–Crippen LogP) is 4.79. The van der Waals surface area contributed by atoms with Crippen molar-refractivity contribution in [1.82, 2.24) is 9.97 Å². The maximum absolute atomic E-state index is 13.2. The van der Waals surface area contributed by atoms with E-state index in [2.05, 4.69) is 33.9 Å². The predicted molar refractivity (Wildman–Crippen MR) is 123 cm³/mol. The third kappa shape index (κ3) is 4.91. The van der Waals surface area contributed by atoms with Crippen LogP contribution in [0.15, 0.2) is 35.4 Å². The first-order chi connectivity index (χ1) is 14.3. The summed E-state index contributed by atoms with van der Waals surface area (Å²) in [6.07, 6.45) is 1.61. The molecule has 0 saturated heterocycles. The van der Waals surface area contributed by atoms with Crippen LogP contribution in [0.4, 0.5) is 10.8 Å². The lowest BCUT2D eigenvalue weighted by molar-refractivity contribution is 0.397. The number of methoxy groups -OCH3 is 2. The first-order valence-electron chi connectivity index (χ1n) is 9.43. The molecular weight excluding hydrogens is 420 g/mol. The molecule has 0 saturated carbocycles. The van der Waals surface area contributed by atoms with Crippen molar-refractivity contribution in [3.63, 3.8) is 0 Å². The van der Waals surface area contributed by atoms with Crippen LogP contribution in [0.3, 0.4) is 0 Å². The Labute approximate surface area is 183 Å². The molecule has 0 aliphatic rings. The molecule has 1 atom stereocenters. The molecule has 0 aliphatic carbocycles. The number of anilines is 2. The number of rotatable bonds is 8. The molecule has 7 nitrogen and oxygen atoms in total. The second-order valence-corrected chi connectivity index (χ2v) is 9.19. The highest BCUT2D eigenvalue weighted by Gasteiger charge is 2.17. The van der Waals surface area contributed by atoms with E-state index < -0.39 is 11.0 Å². The molecule has 3 aromatic rings. The zero-order chi connectivity index (χ0) is 21.8. The zero-order valence-corrected chi connectivity index (χ0v) is 19.5. The number of hydrogen-bond acceptors (Lipinski definition) is 7. The van der Waals surface area contributed by atoms with Crippen LogP contribution in [0.1, 0.15) is 25.1 Å². The second-order valence-electron chi connectivity index (χ2n) is 7.01. The monoisotopic (exact) mass is 446 g/mol. The topological polar surface area (TPSA) is 85.4 Å². The summed E-state index contributed by atoms with van der Waals surface area (Å²) in [7, 11) is 1.59. The number of thiazole rings is 1. The van der Waals surface area contributed by atoms with E-state index in [9.17, 15) is 4.21 Å². The first-order valence-corrected chi connectivity index (χ1v) is 11.4. The van der Waals surface area contributed by atoms with Crippen LogP contribution in [0, 0.1) is 13.8 Å². The van der Waals surface area contributed by atoms with Crippen LogP contribution in [0.5, 0.6) is 11.6 Å². The van der Waals surface area contributed by atoms with Gasteiger partial charge in [-0.2, -0.15) is 0 Å². The van der Waals surface area contributed by atoms with Crippen molar-refractivity contribution in [2.45, 2.75) is 38.6 Å². The van der Waals surface area contributed by atoms with Gasteiger partial charge in [-0.05, 0) is 57.0 Å². The summed E-state index contributed by atoms with van der Waals surface area (Å²) in [5.74, 6) is 1.06. The van der Waals surface area contributed by atoms with Crippen molar-refractivity contribution < 1.29 is 13.7 Å². The van der Waals surface area contributed by atoms with Crippen molar-refractivity contribution in [1.29, 1.82) is 0 Å². The summed E-state index contributed by atoms with van der Waals surface area (Å²) in [6, 6.07) is 7.76. The Balaban J connectivity index is 1.93. The molecule has 0 amide bonds. The molecule has 2 aromatic heterocycles. The highest BCUT2D eigenvalue weighted by atomic mass is 32.2. The van der Waals surface area contributed by atoms with Gasteiger partial charge in [-0.25, -0.2) is 14.2 Å². The first kappa shape index (κ1) is 22.0. The van der Waals surface area contributed by atoms with E-state index in [0.717, 1.165) is 26.8 Å². The number of aromatic nitrogens is 2. The van der Waals surface area contributed by atoms with E-state index in [1.165, 1.54) is 0 Å². The highest BCUT2D eigenvalue weighted by Crippen LogP contribution is 2.36. The smallest absolute Gasteiger partial charge is 0.213 e. The summed E-state index contributed by atoms with van der Waals surface area (Å²) >= 11 is 1.58. The standard InChI is InChI=1S/C21H26N4O3S2/c1-12(2)23-21-24-14(4)20(29-21)15-7-8-17(27-5)18(10-15)30(26)25-16-11-22-19(28-6)9-13(16)3/h7-12,25H,1-6H3,(H,23,24). The lowest BCUT2D eigenvalue weighted by Crippen LogP contribution is -2.08. The fourth-order valence-electron chi connectivity index (χ4n) is 2.84. The Morgan fingerprint density at radius 2 is 1.90 bits per heavy atom. The largest absolute Gasteiger partial charge is 0.495 e. The van der Waals surface area contributed by atoms with Crippen LogP contribution in [-0.2, 0) is 11.0 Å². The molecule has 9 heteroatoms. The van der Waals surface area contributed by atoms with Crippen LogP contribution in [0.2, 0.25) is 0 Å². The maximum atomic E-state index is 13.2. The number of hydrogen-bond donors (Lipinski definition) is 2. The van der Waals surface area contributed by atoms with Crippen molar-refractivity contribution >= 4 is 33.1 Å². The van der Waals surface area contributed by atoms with Gasteiger partial charge in [0.05, 0.1) is 36.7 Å². The third-order valence-corrected chi connectivity index (χ3v) is 6.59. The molecule has 0 radical (unpaired) electrons. The number of nitrogens with one attached hydrogen (secondary N) is 2. The fraction of sp³-hybridized carbons (Fsp3) is 0.333. The Bertz CT molecular complexity index is 1070. The second kappa shape index (κ2) is 9.44. The van der Waals surface area contributed by atoms with Gasteiger partial charge in [0.2, 0.25) is 5.88 Å². The van der Waals surface area contributed by atoms with E-state index in [1.54, 1.807) is 37.8 Å². The molecular formula is C21H26N4O3S2. The average molecular weight is 447 g/mol. The summed E-state index contributed by atoms with van der Waals surface area (Å²) in [5, 5.41) is 4.21. The molecule has 2 heterocycles. The molecule has 1 aromatic carbocycles. The molecule has 0 aliphatic heterocycles. The van der Waals surface area contributed by atoms with Crippen LogP contribution < -0.4 is 19.5 Å². The number of benzene rings is 1. The van der Waals surface area contributed by atoms with Crippen molar-refractivity contribution in [3.8, 4) is 22.1 Å². The van der Waals surface area contributed by atoms with Gasteiger partial charge in [0, 0.05) is 12.1 Å². The van der Waals surface area contributed by atoms with Crippen LogP contribution >= 0.6 is 11.3 Å². The Morgan fingerprint density at radius 3 is 2.53 bits per heavy atom. The summed E-state index contributed by atoms with van der Waals surface area (Å²) in [5.41, 5.74) is 3.41. The fourth-order valence-corrected chi connectivity index (χ4v) is 5.04. The van der Waals surface area contributed by atoms with E-state index in [4.69, 9.17) is 9.47 Å². The molecule has 0 spiro atoms. The number of ether oxygens (including phenoxy) is 2. The van der Waals surface area contributed by atoms with Crippen molar-refractivity contribution in [3.05, 3.63) is 41.7 Å². The average Bonchev–Trinajstić information content (AvgIpc) is 3.08. The Hall–Kier alpha value is -2.65. The van der Waals surface area contributed by atoms with Gasteiger partial charge < -0.3 is 14.8 Å². The molecule has 0 fully saturated rings. The lowest BCUT2D eigenvalue weighted by atomic mass is 10.1. The number of pyridine rings is 1. The van der Waals surface area contributed by atoms with Gasteiger partial charge in [0.25, 0.3) is 0 Å². The van der Waals surface area contributed by atoms with Crippen LogP contribution in [-0.4, -0.2) is 34.4 Å². The Kier molecular flexibility index (Phi) is 6.94. The lowest BCUT2D eigenvalue weighted by Gasteiger charge is -2.13. The minimum atomic E-state index is -1.54. The Morgan fingerprint density at radius 1 is 1.13 bits per heavy atom. The molecule has 2 N–H and O–H groups in total. The van der Waals surface area contributed by atoms with E-state index in [1.807, 2.05) is 32.0 Å². The van der Waals surface area contributed by atoms with E-state index >= 15 is 0 Å². The summed E-state index contributed by atoms with van der Waals surface area (Å²) in [4.78, 5) is 10.4. The molecule has 3 rings (SSSR count). The molecule has 30 heavy (non-hydrogen) atoms. The SMILES string of the molecule is COc1cc(C)c(NS(=O)c2cc(-c3sc(NC(C)C)nc3C)ccc2OC)cn1. The van der Waals surface area contributed by atoms with Crippen molar-refractivity contribution in [2.75, 3.05) is 24.3 Å². The minimum Gasteiger partial charge on any atom is -0.495 e. The van der Waals surface area contributed by atoms with Gasteiger partial charge >= 0.3 is 0 Å². The normalized spacial score (nSPS) is 12.0. The quantitative estimate of drug-likeness (QED) is 0.517. The minimum absolute atomic E-state index is 0.299. The molecule has 1 unspecified atom stereocenters. The van der Waals surface area contributed by atoms with Gasteiger partial charge in [-0.1, -0.05) is 11.3 Å². The molecule has 0 bridgehead atoms. The number of aryl methyl sites for hydroxylation is 2. The van der Waals surface area contributed by atoms with Crippen LogP contribution in [0.25, 0.3) is 10.4 Å². The van der Waals surface area contributed by atoms with E-state index in [0.29, 0.717) is 28.3 Å². The molecule has 160 valence electrons. The highest BCUT2D eigenvalue weighted by molar-refractivity contribution is 7.86. The van der Waals surface area contributed by atoms with Gasteiger partial charge in [-0.3, -0.25) is 4.72 Å². The zero-order valence-electron chi connectivity index (χ0n) is 17.9. The summed E-state index contributed by atoms with van der Waals surface area (Å²) < 4.78 is 26.8. The van der Waals surface area contributed by atoms with Gasteiger partial charge in [-0.15, -0.1) is 0 Å². The van der Waals surface area contributed by atoms with Gasteiger partial charge in [0.1, 0.15) is 10.6 Å². The van der Waals surface area contributed by atoms with Gasteiger partial charge in [0.15, 0.2) is 16.1 Å². The summed E-state index contributed by atoms with van der Waals surface area (Å²) in [6.45, 7) is 8.03. The van der Waals surface area contributed by atoms with E-state index in [-0.39, 0.29) is 0 Å². The third-order valence-electron chi connectivity index (χ3n) is 4.33. The van der Waals surface area contributed by atoms with Crippen molar-refractivity contribution in [2.24, 2.45) is 0 Å².